The molecule has 2 aliphatic carbocycles. The third kappa shape index (κ3) is 2.55. The minimum absolute atomic E-state index is 0.571. The summed E-state index contributed by atoms with van der Waals surface area (Å²) in [6, 6.07) is 20.4. The van der Waals surface area contributed by atoms with Gasteiger partial charge >= 0.3 is 0 Å². The molecule has 0 N–H and O–H groups in total. The van der Waals surface area contributed by atoms with Gasteiger partial charge in [0, 0.05) is 16.0 Å². The lowest BCUT2D eigenvalue weighted by molar-refractivity contribution is 0.968. The first kappa shape index (κ1) is 17.9. The maximum Gasteiger partial charge on any atom is 0.0722 e. The summed E-state index contributed by atoms with van der Waals surface area (Å²) >= 11 is 1.84. The molecule has 0 fully saturated rings. The zero-order valence-electron chi connectivity index (χ0n) is 17.0. The molecule has 0 aliphatic heterocycles. The molecule has 2 unspecified atom stereocenters. The van der Waals surface area contributed by atoms with Gasteiger partial charge in [0.05, 0.1) is 8.07 Å². The van der Waals surface area contributed by atoms with Gasteiger partial charge in [-0.15, -0.1) is 11.3 Å². The second-order valence-corrected chi connectivity index (χ2v) is 14.6. The molecular formula is C26H26SSi. The number of rotatable bonds is 3. The van der Waals surface area contributed by atoms with Crippen molar-refractivity contribution < 1.29 is 0 Å². The van der Waals surface area contributed by atoms with Crippen molar-refractivity contribution in [1.82, 2.24) is 0 Å². The zero-order chi connectivity index (χ0) is 19.5. The van der Waals surface area contributed by atoms with Crippen LogP contribution in [0.4, 0.5) is 0 Å². The van der Waals surface area contributed by atoms with E-state index < -0.39 is 8.07 Å². The summed E-state index contributed by atoms with van der Waals surface area (Å²) in [5.41, 5.74) is 11.7. The fourth-order valence-corrected chi connectivity index (χ4v) is 11.6. The quantitative estimate of drug-likeness (QED) is 0.393. The van der Waals surface area contributed by atoms with Gasteiger partial charge in [0.15, 0.2) is 0 Å². The van der Waals surface area contributed by atoms with Crippen LogP contribution < -0.4 is 0 Å². The van der Waals surface area contributed by atoms with E-state index >= 15 is 0 Å². The van der Waals surface area contributed by atoms with Gasteiger partial charge in [-0.1, -0.05) is 84.9 Å². The molecule has 2 aliphatic rings. The summed E-state index contributed by atoms with van der Waals surface area (Å²) in [6.45, 7) is 9.91. The van der Waals surface area contributed by atoms with E-state index in [1.807, 2.05) is 11.3 Å². The number of benzene rings is 2. The third-order valence-electron chi connectivity index (χ3n) is 6.70. The predicted molar refractivity (Wildman–Crippen MR) is 126 cm³/mol. The van der Waals surface area contributed by atoms with Gasteiger partial charge in [-0.3, -0.25) is 0 Å². The van der Waals surface area contributed by atoms with Crippen LogP contribution >= 0.6 is 11.3 Å². The van der Waals surface area contributed by atoms with Gasteiger partial charge in [-0.2, -0.15) is 0 Å². The van der Waals surface area contributed by atoms with Crippen LogP contribution in [-0.4, -0.2) is 8.07 Å². The molecule has 3 aromatic rings. The van der Waals surface area contributed by atoms with Crippen molar-refractivity contribution in [2.75, 3.05) is 0 Å². The van der Waals surface area contributed by atoms with E-state index in [0.717, 1.165) is 0 Å². The lowest BCUT2D eigenvalue weighted by Gasteiger charge is -2.39. The highest BCUT2D eigenvalue weighted by Gasteiger charge is 2.46. The van der Waals surface area contributed by atoms with Crippen LogP contribution in [0.2, 0.25) is 13.1 Å². The van der Waals surface area contributed by atoms with Gasteiger partial charge in [0.25, 0.3) is 0 Å². The van der Waals surface area contributed by atoms with Crippen LogP contribution in [0.5, 0.6) is 0 Å². The molecule has 0 saturated heterocycles. The zero-order valence-corrected chi connectivity index (χ0v) is 18.8. The molecule has 0 bridgehead atoms. The molecule has 28 heavy (non-hydrogen) atoms. The first-order chi connectivity index (χ1) is 13.5. The maximum atomic E-state index is 2.60. The Morgan fingerprint density at radius 1 is 0.750 bits per heavy atom. The highest BCUT2D eigenvalue weighted by molar-refractivity contribution is 7.13. The van der Waals surface area contributed by atoms with Crippen LogP contribution in [0.3, 0.4) is 0 Å². The van der Waals surface area contributed by atoms with Crippen molar-refractivity contribution >= 4 is 31.6 Å². The van der Waals surface area contributed by atoms with Crippen LogP contribution in [0.15, 0.2) is 71.1 Å². The summed E-state index contributed by atoms with van der Waals surface area (Å²) < 4.78 is 0. The smallest absolute Gasteiger partial charge is 0.0722 e. The maximum absolute atomic E-state index is 2.60. The molecule has 5 rings (SSSR count). The highest BCUT2D eigenvalue weighted by atomic mass is 32.1. The monoisotopic (exact) mass is 398 g/mol. The van der Waals surface area contributed by atoms with Crippen LogP contribution in [0.25, 0.3) is 22.6 Å². The Bertz CT molecular complexity index is 1120. The van der Waals surface area contributed by atoms with E-state index in [9.17, 15) is 0 Å². The molecule has 2 atom stereocenters. The van der Waals surface area contributed by atoms with E-state index in [1.54, 1.807) is 22.3 Å². The number of allylic oxidation sites excluding steroid dienone is 2. The lowest BCUT2D eigenvalue weighted by atomic mass is 10.0. The largest absolute Gasteiger partial charge is 0.144 e. The summed E-state index contributed by atoms with van der Waals surface area (Å²) in [5.74, 6) is 0. The van der Waals surface area contributed by atoms with Crippen molar-refractivity contribution in [2.24, 2.45) is 0 Å². The minimum Gasteiger partial charge on any atom is -0.144 e. The van der Waals surface area contributed by atoms with E-state index in [4.69, 9.17) is 0 Å². The Morgan fingerprint density at radius 3 is 2.25 bits per heavy atom. The summed E-state index contributed by atoms with van der Waals surface area (Å²) in [7, 11) is -1.71. The van der Waals surface area contributed by atoms with Gasteiger partial charge < -0.3 is 0 Å². The second-order valence-electron chi connectivity index (χ2n) is 8.88. The number of hydrogen-bond donors (Lipinski definition) is 0. The van der Waals surface area contributed by atoms with E-state index in [2.05, 4.69) is 99.1 Å². The fraction of sp³-hybridized carbons (Fsp3) is 0.231. The molecule has 0 radical (unpaired) electrons. The van der Waals surface area contributed by atoms with Crippen LogP contribution in [0, 0.1) is 0 Å². The Kier molecular flexibility index (Phi) is 4.11. The first-order valence-corrected chi connectivity index (χ1v) is 14.1. The summed E-state index contributed by atoms with van der Waals surface area (Å²) in [6.07, 6.45) is 4.90. The minimum atomic E-state index is -1.71. The predicted octanol–water partition coefficient (Wildman–Crippen LogP) is 7.90. The Labute approximate surface area is 173 Å². The Balaban J connectivity index is 1.64. The molecule has 1 heterocycles. The van der Waals surface area contributed by atoms with E-state index in [1.165, 1.54) is 21.6 Å². The molecule has 0 nitrogen and oxygen atoms in total. The van der Waals surface area contributed by atoms with Crippen molar-refractivity contribution in [3.8, 4) is 10.4 Å². The average molecular weight is 399 g/mol. The summed E-state index contributed by atoms with van der Waals surface area (Å²) in [4.78, 5) is 1.38. The topological polar surface area (TPSA) is 0 Å². The molecule has 0 amide bonds. The Hall–Kier alpha value is -2.16. The lowest BCUT2D eigenvalue weighted by Crippen LogP contribution is -2.42. The molecule has 2 aromatic carbocycles. The highest BCUT2D eigenvalue weighted by Crippen LogP contribution is 2.53. The molecular weight excluding hydrogens is 372 g/mol. The fourth-order valence-electron chi connectivity index (χ4n) is 5.82. The standard InChI is InChI=1S/C26H26SSi/c1-17-15-19-9-5-6-10-20(19)25(17)28(3,4)26-18(2)16-23-21(11-7-12-22(23)26)24-13-8-14-27-24/h5-16,25-26H,1-4H3. The summed E-state index contributed by atoms with van der Waals surface area (Å²) in [5, 5.41) is 2.18. The van der Waals surface area contributed by atoms with Crippen LogP contribution in [-0.2, 0) is 0 Å². The van der Waals surface area contributed by atoms with Gasteiger partial charge in [0.2, 0.25) is 0 Å². The van der Waals surface area contributed by atoms with E-state index in [0.29, 0.717) is 11.1 Å². The number of thiophene rings is 1. The van der Waals surface area contributed by atoms with Gasteiger partial charge in [-0.25, -0.2) is 0 Å². The molecule has 0 saturated carbocycles. The number of fused-ring (bicyclic) bond motifs is 2. The average Bonchev–Trinajstić information content (AvgIpc) is 3.36. The number of hydrogen-bond acceptors (Lipinski definition) is 1. The molecule has 140 valence electrons. The first-order valence-electron chi connectivity index (χ1n) is 10.1. The SMILES string of the molecule is CC1=Cc2ccccc2C1[Si](C)(C)C1C(C)=Cc2c(-c3cccs3)cccc21. The molecule has 0 spiro atoms. The normalized spacial score (nSPS) is 20.6. The Morgan fingerprint density at radius 2 is 1.46 bits per heavy atom. The van der Waals surface area contributed by atoms with E-state index in [-0.39, 0.29) is 0 Å². The van der Waals surface area contributed by atoms with Crippen molar-refractivity contribution in [3.63, 3.8) is 0 Å². The third-order valence-corrected chi connectivity index (χ3v) is 12.1. The van der Waals surface area contributed by atoms with Gasteiger partial charge in [-0.05, 0) is 53.1 Å². The van der Waals surface area contributed by atoms with Crippen molar-refractivity contribution in [1.29, 1.82) is 0 Å². The van der Waals surface area contributed by atoms with Crippen molar-refractivity contribution in [3.05, 3.63) is 93.4 Å². The molecule has 1 aromatic heterocycles. The van der Waals surface area contributed by atoms with Gasteiger partial charge in [0.1, 0.15) is 0 Å². The van der Waals surface area contributed by atoms with Crippen LogP contribution in [0.1, 0.15) is 47.2 Å². The molecule has 2 heteroatoms. The van der Waals surface area contributed by atoms with Crippen molar-refractivity contribution in [2.45, 2.75) is 38.0 Å². The second kappa shape index (κ2) is 6.43.